The molecule has 1 aromatic carbocycles. The second-order valence-corrected chi connectivity index (χ2v) is 2.74. The molecular weight excluding hydrogens is 216 g/mol. The largest absolute Gasteiger partial charge is 0.492 e. The van der Waals surface area contributed by atoms with E-state index in [9.17, 15) is 10.1 Å². The zero-order valence-corrected chi connectivity index (χ0v) is 8.71. The molecule has 0 spiro atoms. The SMILES string of the molecule is COc1c(/C=N/O)ccc([N+](=O)[O-])c1OC. The standard InChI is InChI=1S/C9H10N2O5/c1-15-8-6(5-10-12)3-4-7(11(13)14)9(8)16-2/h3-5,12H,1-2H3/b10-5+. The minimum Gasteiger partial charge on any atom is -0.492 e. The summed E-state index contributed by atoms with van der Waals surface area (Å²) < 4.78 is 9.88. The average Bonchev–Trinajstić information content (AvgIpc) is 2.28. The quantitative estimate of drug-likeness (QED) is 0.362. The molecule has 0 aromatic heterocycles. The molecule has 1 rings (SSSR count). The van der Waals surface area contributed by atoms with Crippen LogP contribution in [0.3, 0.4) is 0 Å². The van der Waals surface area contributed by atoms with Crippen molar-refractivity contribution < 1.29 is 19.6 Å². The van der Waals surface area contributed by atoms with Gasteiger partial charge in [0.15, 0.2) is 5.75 Å². The second kappa shape index (κ2) is 4.96. The molecule has 1 N–H and O–H groups in total. The van der Waals surface area contributed by atoms with E-state index in [1.54, 1.807) is 0 Å². The second-order valence-electron chi connectivity index (χ2n) is 2.74. The first-order chi connectivity index (χ1) is 7.65. The first-order valence-electron chi connectivity index (χ1n) is 4.22. The molecule has 0 fully saturated rings. The summed E-state index contributed by atoms with van der Waals surface area (Å²) in [5.41, 5.74) is 0.168. The van der Waals surface area contributed by atoms with Crippen LogP contribution in [-0.4, -0.2) is 30.6 Å². The number of nitro benzene ring substituents is 1. The van der Waals surface area contributed by atoms with E-state index in [4.69, 9.17) is 14.7 Å². The van der Waals surface area contributed by atoms with Crippen molar-refractivity contribution in [2.24, 2.45) is 5.16 Å². The highest BCUT2D eigenvalue weighted by Gasteiger charge is 2.21. The first-order valence-corrected chi connectivity index (χ1v) is 4.22. The van der Waals surface area contributed by atoms with Gasteiger partial charge < -0.3 is 14.7 Å². The van der Waals surface area contributed by atoms with E-state index >= 15 is 0 Å². The Morgan fingerprint density at radius 3 is 2.44 bits per heavy atom. The number of nitrogens with zero attached hydrogens (tertiary/aromatic N) is 2. The van der Waals surface area contributed by atoms with Gasteiger partial charge in [-0.05, 0) is 6.07 Å². The molecule has 0 atom stereocenters. The van der Waals surface area contributed by atoms with Crippen molar-refractivity contribution in [1.29, 1.82) is 0 Å². The Bertz CT molecular complexity index is 430. The molecule has 0 aliphatic rings. The summed E-state index contributed by atoms with van der Waals surface area (Å²) in [6.07, 6.45) is 1.10. The summed E-state index contributed by atoms with van der Waals surface area (Å²) in [5.74, 6) is 0.138. The van der Waals surface area contributed by atoms with E-state index in [1.807, 2.05) is 0 Å². The Labute approximate surface area is 91.0 Å². The fourth-order valence-corrected chi connectivity index (χ4v) is 1.28. The normalized spacial score (nSPS) is 10.4. The maximum absolute atomic E-state index is 10.7. The lowest BCUT2D eigenvalue weighted by Gasteiger charge is -2.09. The summed E-state index contributed by atoms with van der Waals surface area (Å²) >= 11 is 0. The van der Waals surface area contributed by atoms with E-state index < -0.39 is 4.92 Å². The van der Waals surface area contributed by atoms with Crippen LogP contribution < -0.4 is 9.47 Å². The van der Waals surface area contributed by atoms with Gasteiger partial charge in [-0.1, -0.05) is 5.16 Å². The fraction of sp³-hybridized carbons (Fsp3) is 0.222. The third kappa shape index (κ3) is 2.02. The Morgan fingerprint density at radius 1 is 1.38 bits per heavy atom. The summed E-state index contributed by atoms with van der Waals surface area (Å²) in [7, 11) is 2.64. The van der Waals surface area contributed by atoms with Crippen molar-refractivity contribution in [3.63, 3.8) is 0 Å². The van der Waals surface area contributed by atoms with Gasteiger partial charge in [-0.3, -0.25) is 10.1 Å². The van der Waals surface area contributed by atoms with Gasteiger partial charge in [-0.15, -0.1) is 0 Å². The predicted molar refractivity (Wildman–Crippen MR) is 55.6 cm³/mol. The number of ether oxygens (including phenoxy) is 2. The van der Waals surface area contributed by atoms with Crippen LogP contribution in [0, 0.1) is 10.1 Å². The molecule has 7 heteroatoms. The van der Waals surface area contributed by atoms with E-state index in [2.05, 4.69) is 5.16 Å². The molecule has 0 aliphatic carbocycles. The molecule has 0 unspecified atom stereocenters. The molecule has 7 nitrogen and oxygen atoms in total. The highest BCUT2D eigenvalue weighted by Crippen LogP contribution is 2.38. The minimum atomic E-state index is -0.582. The number of oxime groups is 1. The van der Waals surface area contributed by atoms with Crippen LogP contribution in [0.15, 0.2) is 17.3 Å². The van der Waals surface area contributed by atoms with Crippen LogP contribution >= 0.6 is 0 Å². The van der Waals surface area contributed by atoms with E-state index in [0.29, 0.717) is 5.56 Å². The third-order valence-corrected chi connectivity index (χ3v) is 1.92. The molecule has 0 bridgehead atoms. The van der Waals surface area contributed by atoms with Gasteiger partial charge in [0.05, 0.1) is 25.4 Å². The lowest BCUT2D eigenvalue weighted by Crippen LogP contribution is -2.00. The zero-order chi connectivity index (χ0) is 12.1. The number of hydrogen-bond acceptors (Lipinski definition) is 6. The predicted octanol–water partition coefficient (Wildman–Crippen LogP) is 1.42. The third-order valence-electron chi connectivity index (χ3n) is 1.92. The van der Waals surface area contributed by atoms with Gasteiger partial charge in [0.2, 0.25) is 5.75 Å². The highest BCUT2D eigenvalue weighted by molar-refractivity contribution is 5.86. The Kier molecular flexibility index (Phi) is 3.65. The summed E-state index contributed by atoms with van der Waals surface area (Å²) in [6.45, 7) is 0. The van der Waals surface area contributed by atoms with Gasteiger partial charge in [0, 0.05) is 11.6 Å². The molecule has 1 aromatic rings. The molecule has 86 valence electrons. The molecule has 0 radical (unpaired) electrons. The van der Waals surface area contributed by atoms with Crippen molar-refractivity contribution in [3.05, 3.63) is 27.8 Å². The molecule has 0 saturated heterocycles. The van der Waals surface area contributed by atoms with E-state index in [0.717, 1.165) is 6.21 Å². The van der Waals surface area contributed by atoms with Gasteiger partial charge in [-0.25, -0.2) is 0 Å². The van der Waals surface area contributed by atoms with Crippen molar-refractivity contribution in [2.75, 3.05) is 14.2 Å². The van der Waals surface area contributed by atoms with Crippen LogP contribution in [0.25, 0.3) is 0 Å². The minimum absolute atomic E-state index is 0.00935. The smallest absolute Gasteiger partial charge is 0.314 e. The lowest BCUT2D eigenvalue weighted by molar-refractivity contribution is -0.385. The molecule has 0 heterocycles. The zero-order valence-electron chi connectivity index (χ0n) is 8.71. The number of nitro groups is 1. The van der Waals surface area contributed by atoms with Crippen LogP contribution in [0.5, 0.6) is 11.5 Å². The van der Waals surface area contributed by atoms with Crippen molar-refractivity contribution in [2.45, 2.75) is 0 Å². The van der Waals surface area contributed by atoms with Gasteiger partial charge >= 0.3 is 5.69 Å². The highest BCUT2D eigenvalue weighted by atomic mass is 16.6. The fourth-order valence-electron chi connectivity index (χ4n) is 1.28. The maximum Gasteiger partial charge on any atom is 0.314 e. The van der Waals surface area contributed by atoms with Gasteiger partial charge in [0.1, 0.15) is 0 Å². The maximum atomic E-state index is 10.7. The number of hydrogen-bond donors (Lipinski definition) is 1. The average molecular weight is 226 g/mol. The van der Waals surface area contributed by atoms with Crippen molar-refractivity contribution in [1.82, 2.24) is 0 Å². The molecule has 0 saturated carbocycles. The van der Waals surface area contributed by atoms with Gasteiger partial charge in [-0.2, -0.15) is 0 Å². The van der Waals surface area contributed by atoms with Gasteiger partial charge in [0.25, 0.3) is 0 Å². The van der Waals surface area contributed by atoms with Crippen LogP contribution in [0.1, 0.15) is 5.56 Å². The lowest BCUT2D eigenvalue weighted by atomic mass is 10.1. The van der Waals surface area contributed by atoms with Crippen molar-refractivity contribution >= 4 is 11.9 Å². The van der Waals surface area contributed by atoms with Crippen molar-refractivity contribution in [3.8, 4) is 11.5 Å². The first kappa shape index (κ1) is 11.8. The number of rotatable bonds is 4. The van der Waals surface area contributed by atoms with Crippen LogP contribution in [-0.2, 0) is 0 Å². The summed E-state index contributed by atoms with van der Waals surface area (Å²) in [5, 5.41) is 22.0. The van der Waals surface area contributed by atoms with Crippen LogP contribution in [0.2, 0.25) is 0 Å². The topological polar surface area (TPSA) is 94.2 Å². The van der Waals surface area contributed by atoms with E-state index in [-0.39, 0.29) is 17.2 Å². The number of benzene rings is 1. The summed E-state index contributed by atoms with van der Waals surface area (Å²) in [4.78, 5) is 10.1. The van der Waals surface area contributed by atoms with E-state index in [1.165, 1.54) is 26.4 Å². The Balaban J connectivity index is 3.45. The molecular formula is C9H10N2O5. The Morgan fingerprint density at radius 2 is 2.00 bits per heavy atom. The van der Waals surface area contributed by atoms with Crippen LogP contribution in [0.4, 0.5) is 5.69 Å². The Hall–Kier alpha value is -2.31. The molecule has 0 aliphatic heterocycles. The summed E-state index contributed by atoms with van der Waals surface area (Å²) in [6, 6.07) is 2.65. The monoisotopic (exact) mass is 226 g/mol. The molecule has 0 amide bonds. The molecule has 16 heavy (non-hydrogen) atoms. The number of methoxy groups -OCH3 is 2.